The minimum Gasteiger partial charge on any atom is -0.431 e. The minimum absolute atomic E-state index is 0.0400. The predicted molar refractivity (Wildman–Crippen MR) is 122 cm³/mol. The molecule has 160 valence electrons. The molecule has 3 aromatic rings. The van der Waals surface area contributed by atoms with Gasteiger partial charge in [-0.05, 0) is 56.5 Å². The highest BCUT2D eigenvalue weighted by Crippen LogP contribution is 2.31. The number of hydrogen-bond acceptors (Lipinski definition) is 6. The lowest BCUT2D eigenvalue weighted by Gasteiger charge is -2.32. The largest absolute Gasteiger partial charge is 0.431 e. The molecule has 0 bridgehead atoms. The predicted octanol–water partition coefficient (Wildman–Crippen LogP) is 4.38. The Hall–Kier alpha value is -2.00. The number of nitrogens with zero attached hydrogens (tertiary/aromatic N) is 2. The number of aromatic nitrogens is 1. The van der Waals surface area contributed by atoms with Crippen LogP contribution < -0.4 is 9.46 Å². The van der Waals surface area contributed by atoms with Crippen molar-refractivity contribution in [2.24, 2.45) is 0 Å². The van der Waals surface area contributed by atoms with Crippen molar-refractivity contribution in [1.29, 1.82) is 0 Å². The average Bonchev–Trinajstić information content (AvgIpc) is 3.13. The first kappa shape index (κ1) is 21.2. The summed E-state index contributed by atoms with van der Waals surface area (Å²) in [5, 5.41) is 0.258. The zero-order chi connectivity index (χ0) is 21.1. The molecular weight excluding hydrogens is 418 g/mol. The van der Waals surface area contributed by atoms with Gasteiger partial charge in [0.1, 0.15) is 5.75 Å². The normalized spacial score (nSPS) is 16.4. The maximum absolute atomic E-state index is 12.0. The summed E-state index contributed by atoms with van der Waals surface area (Å²) in [5.74, 6) is 0.777. The molecule has 2 aromatic carbocycles. The van der Waals surface area contributed by atoms with Gasteiger partial charge in [0.2, 0.25) is 10.0 Å². The van der Waals surface area contributed by atoms with E-state index in [9.17, 15) is 8.42 Å². The zero-order valence-electron chi connectivity index (χ0n) is 17.2. The Labute approximate surface area is 181 Å². The van der Waals surface area contributed by atoms with Crippen LogP contribution in [0.5, 0.6) is 10.9 Å². The Morgan fingerprint density at radius 1 is 1.13 bits per heavy atom. The molecule has 0 atom stereocenters. The van der Waals surface area contributed by atoms with Gasteiger partial charge in [-0.15, -0.1) is 0 Å². The van der Waals surface area contributed by atoms with E-state index >= 15 is 0 Å². The molecule has 6 nitrogen and oxygen atoms in total. The highest BCUT2D eigenvalue weighted by atomic mass is 32.2. The van der Waals surface area contributed by atoms with Crippen molar-refractivity contribution in [3.05, 3.63) is 54.1 Å². The van der Waals surface area contributed by atoms with Crippen molar-refractivity contribution in [1.82, 2.24) is 14.6 Å². The SMILES string of the molecule is CC(C)S(=O)(=O)NC1CCN(Cc2ccc(Oc3nc4ccccc4s3)cc2)CC1. The lowest BCUT2D eigenvalue weighted by molar-refractivity contribution is 0.200. The van der Waals surface area contributed by atoms with Crippen LogP contribution in [0.15, 0.2) is 48.5 Å². The number of rotatable bonds is 7. The first-order valence-corrected chi connectivity index (χ1v) is 12.6. The number of likely N-dealkylation sites (tertiary alicyclic amines) is 1. The van der Waals surface area contributed by atoms with Gasteiger partial charge in [-0.25, -0.2) is 18.1 Å². The number of ether oxygens (including phenoxy) is 1. The number of benzene rings is 2. The van der Waals surface area contributed by atoms with Gasteiger partial charge in [0.15, 0.2) is 0 Å². The van der Waals surface area contributed by atoms with E-state index < -0.39 is 10.0 Å². The van der Waals surface area contributed by atoms with Crippen LogP contribution in [0.2, 0.25) is 0 Å². The number of hydrogen-bond donors (Lipinski definition) is 1. The second kappa shape index (κ2) is 9.01. The van der Waals surface area contributed by atoms with Crippen LogP contribution in [0, 0.1) is 0 Å². The highest BCUT2D eigenvalue weighted by Gasteiger charge is 2.25. The molecule has 2 heterocycles. The zero-order valence-corrected chi connectivity index (χ0v) is 18.9. The van der Waals surface area contributed by atoms with Crippen LogP contribution in [0.25, 0.3) is 10.2 Å². The maximum atomic E-state index is 12.0. The van der Waals surface area contributed by atoms with Gasteiger partial charge in [0.05, 0.1) is 15.5 Å². The molecule has 1 N–H and O–H groups in total. The van der Waals surface area contributed by atoms with Gasteiger partial charge in [-0.3, -0.25) is 4.90 Å². The van der Waals surface area contributed by atoms with Gasteiger partial charge in [-0.2, -0.15) is 0 Å². The third kappa shape index (κ3) is 5.18. The molecule has 1 aliphatic rings. The Morgan fingerprint density at radius 3 is 2.50 bits per heavy atom. The third-order valence-corrected chi connectivity index (χ3v) is 8.17. The smallest absolute Gasteiger partial charge is 0.279 e. The van der Waals surface area contributed by atoms with E-state index in [-0.39, 0.29) is 11.3 Å². The third-order valence-electron chi connectivity index (χ3n) is 5.35. The summed E-state index contributed by atoms with van der Waals surface area (Å²) >= 11 is 1.54. The van der Waals surface area contributed by atoms with Crippen molar-refractivity contribution in [2.45, 2.75) is 44.5 Å². The van der Waals surface area contributed by atoms with Gasteiger partial charge in [-0.1, -0.05) is 35.6 Å². The Morgan fingerprint density at radius 2 is 1.83 bits per heavy atom. The van der Waals surface area contributed by atoms with Crippen LogP contribution in [0.3, 0.4) is 0 Å². The Balaban J connectivity index is 1.29. The fourth-order valence-corrected chi connectivity index (χ4v) is 5.30. The number of fused-ring (bicyclic) bond motifs is 1. The summed E-state index contributed by atoms with van der Waals surface area (Å²) in [5.41, 5.74) is 2.17. The molecule has 0 amide bonds. The molecule has 4 rings (SSSR count). The second-order valence-corrected chi connectivity index (χ2v) is 11.2. The molecule has 1 aromatic heterocycles. The molecule has 1 aliphatic heterocycles. The molecule has 30 heavy (non-hydrogen) atoms. The molecule has 0 spiro atoms. The quantitative estimate of drug-likeness (QED) is 0.584. The first-order valence-electron chi connectivity index (χ1n) is 10.2. The van der Waals surface area contributed by atoms with Crippen LogP contribution in [0.1, 0.15) is 32.3 Å². The monoisotopic (exact) mass is 445 g/mol. The van der Waals surface area contributed by atoms with Crippen molar-refractivity contribution in [2.75, 3.05) is 13.1 Å². The number of piperidine rings is 1. The van der Waals surface area contributed by atoms with Crippen LogP contribution >= 0.6 is 11.3 Å². The number of para-hydroxylation sites is 1. The number of sulfonamides is 1. The fourth-order valence-electron chi connectivity index (χ4n) is 3.49. The molecule has 0 radical (unpaired) electrons. The van der Waals surface area contributed by atoms with Gasteiger partial charge in [0, 0.05) is 25.7 Å². The molecule has 8 heteroatoms. The average molecular weight is 446 g/mol. The van der Waals surface area contributed by atoms with Crippen molar-refractivity contribution in [3.8, 4) is 10.9 Å². The van der Waals surface area contributed by atoms with Gasteiger partial charge < -0.3 is 4.74 Å². The summed E-state index contributed by atoms with van der Waals surface area (Å²) in [6, 6.07) is 16.2. The number of thiazole rings is 1. The molecule has 1 saturated heterocycles. The summed E-state index contributed by atoms with van der Waals surface area (Å²) in [4.78, 5) is 6.87. The lowest BCUT2D eigenvalue weighted by Crippen LogP contribution is -2.46. The van der Waals surface area contributed by atoms with Crippen molar-refractivity contribution < 1.29 is 13.2 Å². The van der Waals surface area contributed by atoms with Gasteiger partial charge in [0.25, 0.3) is 5.19 Å². The Kier molecular flexibility index (Phi) is 6.38. The van der Waals surface area contributed by atoms with Crippen LogP contribution in [-0.2, 0) is 16.6 Å². The fraction of sp³-hybridized carbons (Fsp3) is 0.409. The van der Waals surface area contributed by atoms with E-state index in [0.29, 0.717) is 5.19 Å². The molecule has 0 unspecified atom stereocenters. The minimum atomic E-state index is -3.20. The summed E-state index contributed by atoms with van der Waals surface area (Å²) in [6.45, 7) is 6.04. The standard InChI is InChI=1S/C22H27N3O3S2/c1-16(2)30(26,27)24-18-11-13-25(14-12-18)15-17-7-9-19(10-8-17)28-22-23-20-5-3-4-6-21(20)29-22/h3-10,16,18,24H,11-15H2,1-2H3. The Bertz CT molecular complexity index is 1050. The van der Waals surface area contributed by atoms with E-state index in [4.69, 9.17) is 4.74 Å². The topological polar surface area (TPSA) is 71.5 Å². The lowest BCUT2D eigenvalue weighted by atomic mass is 10.1. The summed E-state index contributed by atoms with van der Waals surface area (Å²) in [6.07, 6.45) is 1.68. The molecule has 1 fully saturated rings. The van der Waals surface area contributed by atoms with E-state index in [1.165, 1.54) is 5.56 Å². The maximum Gasteiger partial charge on any atom is 0.279 e. The van der Waals surface area contributed by atoms with Crippen LogP contribution in [0.4, 0.5) is 0 Å². The van der Waals surface area contributed by atoms with E-state index in [0.717, 1.165) is 48.4 Å². The first-order chi connectivity index (χ1) is 14.4. The van der Waals surface area contributed by atoms with E-state index in [1.807, 2.05) is 36.4 Å². The number of nitrogens with one attached hydrogen (secondary N) is 1. The molecule has 0 saturated carbocycles. The van der Waals surface area contributed by atoms with E-state index in [2.05, 4.69) is 26.7 Å². The van der Waals surface area contributed by atoms with Crippen molar-refractivity contribution >= 4 is 31.6 Å². The summed E-state index contributed by atoms with van der Waals surface area (Å²) < 4.78 is 34.0. The van der Waals surface area contributed by atoms with Gasteiger partial charge >= 0.3 is 0 Å². The molecule has 0 aliphatic carbocycles. The summed E-state index contributed by atoms with van der Waals surface area (Å²) in [7, 11) is -3.20. The van der Waals surface area contributed by atoms with Crippen molar-refractivity contribution in [3.63, 3.8) is 0 Å². The van der Waals surface area contributed by atoms with Crippen LogP contribution in [-0.4, -0.2) is 42.7 Å². The second-order valence-electron chi connectivity index (χ2n) is 7.96. The highest BCUT2D eigenvalue weighted by molar-refractivity contribution is 7.90. The molecular formula is C22H27N3O3S2. The van der Waals surface area contributed by atoms with E-state index in [1.54, 1.807) is 25.2 Å².